The van der Waals surface area contributed by atoms with Crippen molar-refractivity contribution >= 4 is 38.3 Å². The van der Waals surface area contributed by atoms with Crippen molar-refractivity contribution < 1.29 is 8.42 Å². The van der Waals surface area contributed by atoms with Gasteiger partial charge in [0.2, 0.25) is 9.84 Å². The van der Waals surface area contributed by atoms with Crippen molar-refractivity contribution in [1.29, 1.82) is 0 Å². The number of anilines is 5. The SMILES string of the molecule is O=S1(=O)c2ccccc2N(c2ccccc2)C12N(C1=CC=CCC1)c1ccccc1N2c1ccccc1. The van der Waals surface area contributed by atoms with Gasteiger partial charge >= 0.3 is 5.12 Å². The summed E-state index contributed by atoms with van der Waals surface area (Å²) in [7, 11) is -3.99. The van der Waals surface area contributed by atoms with E-state index in [1.807, 2.05) is 113 Å². The van der Waals surface area contributed by atoms with Gasteiger partial charge in [-0.2, -0.15) is 0 Å². The summed E-state index contributed by atoms with van der Waals surface area (Å²) >= 11 is 0. The zero-order valence-corrected chi connectivity index (χ0v) is 20.9. The fourth-order valence-corrected chi connectivity index (χ4v) is 8.21. The number of para-hydroxylation sites is 5. The topological polar surface area (TPSA) is 43.9 Å². The van der Waals surface area contributed by atoms with Gasteiger partial charge in [-0.1, -0.05) is 72.8 Å². The van der Waals surface area contributed by atoms with E-state index < -0.39 is 15.0 Å². The second-order valence-electron chi connectivity index (χ2n) is 9.34. The van der Waals surface area contributed by atoms with Crippen molar-refractivity contribution in [3.63, 3.8) is 0 Å². The van der Waals surface area contributed by atoms with Crippen LogP contribution in [-0.4, -0.2) is 13.5 Å². The van der Waals surface area contributed by atoms with Crippen LogP contribution < -0.4 is 14.7 Å². The van der Waals surface area contributed by atoms with Gasteiger partial charge in [0, 0.05) is 17.1 Å². The summed E-state index contributed by atoms with van der Waals surface area (Å²) in [5.74, 6) is 0. The molecule has 1 spiro atoms. The van der Waals surface area contributed by atoms with Crippen molar-refractivity contribution in [3.05, 3.63) is 133 Å². The minimum absolute atomic E-state index is 0.324. The molecule has 0 aromatic heterocycles. The van der Waals surface area contributed by atoms with Gasteiger partial charge in [-0.05, 0) is 67.4 Å². The average Bonchev–Trinajstić information content (AvgIpc) is 3.37. The molecule has 0 radical (unpaired) electrons. The van der Waals surface area contributed by atoms with Crippen LogP contribution in [-0.2, 0) is 9.84 Å². The number of hydrogen-bond donors (Lipinski definition) is 0. The normalized spacial score (nSPS) is 21.2. The van der Waals surface area contributed by atoms with Gasteiger partial charge in [0.05, 0.1) is 22.0 Å². The van der Waals surface area contributed by atoms with E-state index in [1.165, 1.54) is 0 Å². The van der Waals surface area contributed by atoms with Gasteiger partial charge in [-0.3, -0.25) is 14.7 Å². The van der Waals surface area contributed by atoms with Gasteiger partial charge in [0.15, 0.2) is 0 Å². The van der Waals surface area contributed by atoms with Gasteiger partial charge in [-0.25, -0.2) is 8.42 Å². The maximum absolute atomic E-state index is 15.1. The second kappa shape index (κ2) is 8.11. The summed E-state index contributed by atoms with van der Waals surface area (Å²) < 4.78 is 30.3. The van der Waals surface area contributed by atoms with E-state index in [1.54, 1.807) is 12.1 Å². The Morgan fingerprint density at radius 3 is 1.70 bits per heavy atom. The number of rotatable bonds is 3. The molecule has 1 aliphatic carbocycles. The Morgan fingerprint density at radius 1 is 0.595 bits per heavy atom. The summed E-state index contributed by atoms with van der Waals surface area (Å²) in [6, 6.07) is 35.0. The first kappa shape index (κ1) is 21.9. The molecule has 4 aromatic rings. The van der Waals surface area contributed by atoms with E-state index in [-0.39, 0.29) is 0 Å². The molecule has 3 aliphatic rings. The lowest BCUT2D eigenvalue weighted by Gasteiger charge is -2.48. The van der Waals surface area contributed by atoms with E-state index in [0.717, 1.165) is 41.3 Å². The molecule has 0 saturated carbocycles. The lowest BCUT2D eigenvalue weighted by molar-refractivity contribution is 0.527. The van der Waals surface area contributed by atoms with E-state index in [4.69, 9.17) is 0 Å². The van der Waals surface area contributed by atoms with Crippen LogP contribution in [0.4, 0.5) is 28.4 Å². The third kappa shape index (κ3) is 2.87. The van der Waals surface area contributed by atoms with Gasteiger partial charge < -0.3 is 0 Å². The summed E-state index contributed by atoms with van der Waals surface area (Å²) in [6.45, 7) is 0. The third-order valence-corrected chi connectivity index (χ3v) is 9.49. The van der Waals surface area contributed by atoms with E-state index in [2.05, 4.69) is 17.1 Å². The zero-order chi connectivity index (χ0) is 25.0. The highest BCUT2D eigenvalue weighted by atomic mass is 32.2. The molecule has 6 heteroatoms. The van der Waals surface area contributed by atoms with E-state index >= 15 is 8.42 Å². The molecule has 0 fully saturated rings. The summed E-state index contributed by atoms with van der Waals surface area (Å²) in [6.07, 6.45) is 7.80. The summed E-state index contributed by atoms with van der Waals surface area (Å²) in [5.41, 5.74) is 4.96. The van der Waals surface area contributed by atoms with Gasteiger partial charge in [-0.15, -0.1) is 0 Å². The number of hydrogen-bond acceptors (Lipinski definition) is 5. The highest BCUT2D eigenvalue weighted by Gasteiger charge is 2.69. The van der Waals surface area contributed by atoms with Crippen LogP contribution in [0.15, 0.2) is 138 Å². The molecular formula is C31H25N3O2S. The molecule has 37 heavy (non-hydrogen) atoms. The Hall–Kier alpha value is -4.29. The van der Waals surface area contributed by atoms with Crippen LogP contribution in [0.5, 0.6) is 0 Å². The van der Waals surface area contributed by atoms with Gasteiger partial charge in [0.1, 0.15) is 0 Å². The number of benzene rings is 4. The highest BCUT2D eigenvalue weighted by molar-refractivity contribution is 7.93. The predicted molar refractivity (Wildman–Crippen MR) is 149 cm³/mol. The minimum atomic E-state index is -3.99. The number of sulfone groups is 1. The zero-order valence-electron chi connectivity index (χ0n) is 20.1. The van der Waals surface area contributed by atoms with Crippen LogP contribution in [0, 0.1) is 0 Å². The molecule has 7 rings (SSSR count). The molecule has 2 heterocycles. The fraction of sp³-hybridized carbons (Fsp3) is 0.0968. The first-order valence-corrected chi connectivity index (χ1v) is 13.9. The highest BCUT2D eigenvalue weighted by Crippen LogP contribution is 2.62. The van der Waals surface area contributed by atoms with Crippen molar-refractivity contribution in [2.75, 3.05) is 14.7 Å². The Morgan fingerprint density at radius 2 is 1.11 bits per heavy atom. The molecular weight excluding hydrogens is 478 g/mol. The Balaban J connectivity index is 1.66. The second-order valence-corrected chi connectivity index (χ2v) is 11.3. The van der Waals surface area contributed by atoms with Crippen LogP contribution in [0.3, 0.4) is 0 Å². The Labute approximate surface area is 217 Å². The summed E-state index contributed by atoms with van der Waals surface area (Å²) in [5, 5.41) is -1.61. The number of fused-ring (bicyclic) bond motifs is 2. The minimum Gasteiger partial charge on any atom is -0.289 e. The quantitative estimate of drug-likeness (QED) is 0.298. The Bertz CT molecular complexity index is 1620. The van der Waals surface area contributed by atoms with Gasteiger partial charge in [0.25, 0.3) is 0 Å². The van der Waals surface area contributed by atoms with Crippen LogP contribution >= 0.6 is 0 Å². The van der Waals surface area contributed by atoms with Crippen LogP contribution in [0.2, 0.25) is 0 Å². The number of allylic oxidation sites excluding steroid dienone is 4. The summed E-state index contributed by atoms with van der Waals surface area (Å²) in [4.78, 5) is 6.39. The average molecular weight is 504 g/mol. The predicted octanol–water partition coefficient (Wildman–Crippen LogP) is 7.12. The maximum atomic E-state index is 15.1. The Kier molecular flexibility index (Phi) is 4.81. The largest absolute Gasteiger partial charge is 0.316 e. The molecule has 182 valence electrons. The molecule has 0 amide bonds. The van der Waals surface area contributed by atoms with Crippen molar-refractivity contribution in [2.24, 2.45) is 0 Å². The number of nitrogens with zero attached hydrogens (tertiary/aromatic N) is 3. The molecule has 1 unspecified atom stereocenters. The van der Waals surface area contributed by atoms with Crippen LogP contribution in [0.1, 0.15) is 12.8 Å². The van der Waals surface area contributed by atoms with Crippen molar-refractivity contribution in [1.82, 2.24) is 0 Å². The monoisotopic (exact) mass is 503 g/mol. The lowest BCUT2D eigenvalue weighted by Crippen LogP contribution is -2.67. The molecule has 1 atom stereocenters. The molecule has 0 saturated heterocycles. The van der Waals surface area contributed by atoms with Crippen molar-refractivity contribution in [2.45, 2.75) is 22.9 Å². The van der Waals surface area contributed by atoms with E-state index in [0.29, 0.717) is 10.6 Å². The molecule has 0 bridgehead atoms. The molecule has 2 aliphatic heterocycles. The molecule has 4 aromatic carbocycles. The first-order valence-electron chi connectivity index (χ1n) is 12.4. The maximum Gasteiger partial charge on any atom is 0.316 e. The molecule has 0 N–H and O–H groups in total. The first-order chi connectivity index (χ1) is 18.2. The van der Waals surface area contributed by atoms with E-state index in [9.17, 15) is 0 Å². The molecule has 5 nitrogen and oxygen atoms in total. The lowest BCUT2D eigenvalue weighted by atomic mass is 10.1. The standard InChI is InChI=1S/C31H25N3O2S/c35-37(36)30-23-13-12-22-29(30)34(26-18-8-3-9-19-26)31(37)32(24-14-4-1-5-15-24)27-20-10-11-21-28(27)33(31)25-16-6-2-7-17-25/h1-6,8-16,18-23H,7,17H2. The smallest absolute Gasteiger partial charge is 0.289 e. The van der Waals surface area contributed by atoms with Crippen LogP contribution in [0.25, 0.3) is 0 Å². The fourth-order valence-electron chi connectivity index (χ4n) is 5.88. The van der Waals surface area contributed by atoms with Crippen molar-refractivity contribution in [3.8, 4) is 0 Å². The third-order valence-electron chi connectivity index (χ3n) is 7.30.